The molecular weight excluding hydrogens is 395 g/mol. The van der Waals surface area contributed by atoms with Gasteiger partial charge in [0, 0.05) is 50.0 Å². The third-order valence-electron chi connectivity index (χ3n) is 6.18. The highest BCUT2D eigenvalue weighted by atomic mass is 19.1. The Hall–Kier alpha value is -1.99. The number of carbonyl (C=O) groups is 1. The minimum Gasteiger partial charge on any atom is -0.385 e. The van der Waals surface area contributed by atoms with Gasteiger partial charge in [0.25, 0.3) is 0 Å². The zero-order valence-corrected chi connectivity index (χ0v) is 19.4. The van der Waals surface area contributed by atoms with Crippen molar-refractivity contribution in [3.63, 3.8) is 0 Å². The second-order valence-corrected chi connectivity index (χ2v) is 8.34. The third kappa shape index (κ3) is 5.44. The first-order chi connectivity index (χ1) is 15.1. The number of ether oxygens (including phenoxy) is 1. The van der Waals surface area contributed by atoms with Gasteiger partial charge in [-0.2, -0.15) is 0 Å². The maximum atomic E-state index is 14.0. The van der Waals surface area contributed by atoms with Crippen LogP contribution in [0.15, 0.2) is 18.5 Å². The molecule has 31 heavy (non-hydrogen) atoms. The number of pyridine rings is 1. The van der Waals surface area contributed by atoms with Gasteiger partial charge >= 0.3 is 0 Å². The van der Waals surface area contributed by atoms with Crippen molar-refractivity contribution in [1.29, 1.82) is 0 Å². The number of aryl methyl sites for hydroxylation is 1. The molecular formula is C24H37FN4O2. The molecule has 2 aliphatic rings. The number of unbranched alkanes of at least 4 members (excludes halogenated alkanes) is 1. The van der Waals surface area contributed by atoms with Crippen molar-refractivity contribution in [2.75, 3.05) is 26.8 Å². The Kier molecular flexibility index (Phi) is 8.43. The standard InChI is InChI=1S/C22H31FN4O2.C2H6/c1-15(27(18-5-6-18)22(28)16-7-8-24-12-16)20-14-26(9-3-4-10-29-2)21-19(20)11-17(23)13-25-21;1-2/h11,13-16,18,24H,3-10,12H2,1-2H3;1-2H3/t15?,16-;/m1./s1. The Labute approximate surface area is 185 Å². The van der Waals surface area contributed by atoms with Crippen molar-refractivity contribution in [3.8, 4) is 0 Å². The predicted octanol–water partition coefficient (Wildman–Crippen LogP) is 4.29. The molecule has 1 aliphatic heterocycles. The molecule has 4 rings (SSSR count). The van der Waals surface area contributed by atoms with Crippen LogP contribution in [0, 0.1) is 11.7 Å². The Morgan fingerprint density at radius 3 is 2.77 bits per heavy atom. The van der Waals surface area contributed by atoms with Gasteiger partial charge in [0.05, 0.1) is 18.2 Å². The number of halogens is 1. The highest BCUT2D eigenvalue weighted by Gasteiger charge is 2.40. The quantitative estimate of drug-likeness (QED) is 0.601. The van der Waals surface area contributed by atoms with Crippen LogP contribution in [-0.4, -0.2) is 53.2 Å². The summed E-state index contributed by atoms with van der Waals surface area (Å²) in [5, 5.41) is 4.11. The molecule has 1 saturated heterocycles. The van der Waals surface area contributed by atoms with Crippen LogP contribution in [0.2, 0.25) is 0 Å². The number of fused-ring (bicyclic) bond motifs is 1. The average Bonchev–Trinajstić information content (AvgIpc) is 3.33. The second kappa shape index (κ2) is 11.0. The number of rotatable bonds is 9. The highest BCUT2D eigenvalue weighted by molar-refractivity contribution is 5.84. The van der Waals surface area contributed by atoms with Crippen molar-refractivity contribution in [3.05, 3.63) is 29.8 Å². The molecule has 1 amide bonds. The summed E-state index contributed by atoms with van der Waals surface area (Å²) >= 11 is 0. The second-order valence-electron chi connectivity index (χ2n) is 8.34. The molecule has 0 spiro atoms. The highest BCUT2D eigenvalue weighted by Crippen LogP contribution is 2.38. The van der Waals surface area contributed by atoms with Gasteiger partial charge in [-0.05, 0) is 51.6 Å². The van der Waals surface area contributed by atoms with Gasteiger partial charge in [-0.15, -0.1) is 0 Å². The summed E-state index contributed by atoms with van der Waals surface area (Å²) in [5.41, 5.74) is 1.78. The summed E-state index contributed by atoms with van der Waals surface area (Å²) in [7, 11) is 1.71. The molecule has 2 aromatic heterocycles. The van der Waals surface area contributed by atoms with E-state index in [4.69, 9.17) is 4.74 Å². The van der Waals surface area contributed by atoms with E-state index in [-0.39, 0.29) is 23.7 Å². The summed E-state index contributed by atoms with van der Waals surface area (Å²) in [6.07, 6.45) is 8.27. The van der Waals surface area contributed by atoms with Crippen molar-refractivity contribution in [1.82, 2.24) is 19.8 Å². The maximum Gasteiger partial charge on any atom is 0.227 e. The topological polar surface area (TPSA) is 59.4 Å². The van der Waals surface area contributed by atoms with E-state index in [1.807, 2.05) is 13.8 Å². The SMILES string of the molecule is CC.COCCCCn1cc(C(C)N(C(=O)[C@@H]2CCNC2)C2CC2)c2cc(F)cnc21. The van der Waals surface area contributed by atoms with E-state index in [0.29, 0.717) is 6.04 Å². The Bertz CT molecular complexity index is 859. The number of aromatic nitrogens is 2. The molecule has 2 atom stereocenters. The number of hydrogen-bond donors (Lipinski definition) is 1. The largest absolute Gasteiger partial charge is 0.385 e. The summed E-state index contributed by atoms with van der Waals surface area (Å²) in [6.45, 7) is 9.26. The number of hydrogen-bond acceptors (Lipinski definition) is 4. The van der Waals surface area contributed by atoms with Crippen molar-refractivity contribution < 1.29 is 13.9 Å². The third-order valence-corrected chi connectivity index (χ3v) is 6.18. The van der Waals surface area contributed by atoms with Crippen molar-refractivity contribution >= 4 is 16.9 Å². The van der Waals surface area contributed by atoms with Gasteiger partial charge in [-0.25, -0.2) is 9.37 Å². The van der Waals surface area contributed by atoms with Crippen LogP contribution in [0.5, 0.6) is 0 Å². The fourth-order valence-corrected chi connectivity index (χ4v) is 4.47. The average molecular weight is 433 g/mol. The minimum absolute atomic E-state index is 0.0512. The van der Waals surface area contributed by atoms with Gasteiger partial charge in [0.1, 0.15) is 11.5 Å². The number of carbonyl (C=O) groups excluding carboxylic acids is 1. The van der Waals surface area contributed by atoms with E-state index in [0.717, 1.165) is 74.9 Å². The number of methoxy groups -OCH3 is 1. The van der Waals surface area contributed by atoms with E-state index in [1.54, 1.807) is 13.2 Å². The smallest absolute Gasteiger partial charge is 0.227 e. The summed E-state index contributed by atoms with van der Waals surface area (Å²) in [4.78, 5) is 19.7. The van der Waals surface area contributed by atoms with E-state index in [2.05, 4.69) is 32.9 Å². The summed E-state index contributed by atoms with van der Waals surface area (Å²) in [5.74, 6) is -0.0574. The molecule has 0 radical (unpaired) electrons. The minimum atomic E-state index is -0.340. The van der Waals surface area contributed by atoms with Crippen LogP contribution in [-0.2, 0) is 16.1 Å². The fourth-order valence-electron chi connectivity index (χ4n) is 4.47. The summed E-state index contributed by atoms with van der Waals surface area (Å²) in [6, 6.07) is 1.77. The lowest BCUT2D eigenvalue weighted by Gasteiger charge is -2.31. The number of nitrogens with one attached hydrogen (secondary N) is 1. The zero-order valence-electron chi connectivity index (χ0n) is 19.4. The lowest BCUT2D eigenvalue weighted by molar-refractivity contribution is -0.137. The van der Waals surface area contributed by atoms with E-state index >= 15 is 0 Å². The number of nitrogens with zero attached hydrogens (tertiary/aromatic N) is 3. The lowest BCUT2D eigenvalue weighted by atomic mass is 10.0. The molecule has 1 aliphatic carbocycles. The molecule has 172 valence electrons. The Morgan fingerprint density at radius 1 is 1.35 bits per heavy atom. The van der Waals surface area contributed by atoms with Gasteiger partial charge in [0.2, 0.25) is 5.91 Å². The molecule has 1 saturated carbocycles. The van der Waals surface area contributed by atoms with Gasteiger partial charge < -0.3 is 19.5 Å². The fraction of sp³-hybridized carbons (Fsp3) is 0.667. The molecule has 6 nitrogen and oxygen atoms in total. The molecule has 1 unspecified atom stereocenters. The van der Waals surface area contributed by atoms with Crippen LogP contribution >= 0.6 is 0 Å². The molecule has 2 fully saturated rings. The Morgan fingerprint density at radius 2 is 2.13 bits per heavy atom. The molecule has 0 aromatic carbocycles. The first kappa shape index (κ1) is 23.7. The molecule has 2 aromatic rings. The van der Waals surface area contributed by atoms with Crippen LogP contribution in [0.4, 0.5) is 4.39 Å². The molecule has 0 bridgehead atoms. The van der Waals surface area contributed by atoms with Gasteiger partial charge in [-0.3, -0.25) is 4.79 Å². The van der Waals surface area contributed by atoms with E-state index in [9.17, 15) is 9.18 Å². The van der Waals surface area contributed by atoms with E-state index < -0.39 is 0 Å². The zero-order chi connectivity index (χ0) is 22.4. The Balaban J connectivity index is 0.00000132. The van der Waals surface area contributed by atoms with Crippen LogP contribution in [0.25, 0.3) is 11.0 Å². The van der Waals surface area contributed by atoms with Crippen LogP contribution in [0.1, 0.15) is 64.5 Å². The first-order valence-electron chi connectivity index (χ1n) is 11.8. The van der Waals surface area contributed by atoms with Crippen LogP contribution in [0.3, 0.4) is 0 Å². The monoisotopic (exact) mass is 432 g/mol. The maximum absolute atomic E-state index is 14.0. The van der Waals surface area contributed by atoms with Crippen LogP contribution < -0.4 is 5.32 Å². The predicted molar refractivity (Wildman–Crippen MR) is 121 cm³/mol. The number of amides is 1. The van der Waals surface area contributed by atoms with Crippen molar-refractivity contribution in [2.24, 2.45) is 5.92 Å². The molecule has 1 N–H and O–H groups in total. The molecule has 7 heteroatoms. The van der Waals surface area contributed by atoms with Crippen molar-refractivity contribution in [2.45, 2.75) is 71.5 Å². The van der Waals surface area contributed by atoms with Gasteiger partial charge in [-0.1, -0.05) is 13.8 Å². The lowest BCUT2D eigenvalue weighted by Crippen LogP contribution is -2.40. The normalized spacial score (nSPS) is 19.2. The van der Waals surface area contributed by atoms with Gasteiger partial charge in [0.15, 0.2) is 0 Å². The summed E-state index contributed by atoms with van der Waals surface area (Å²) < 4.78 is 21.3. The first-order valence-corrected chi connectivity index (χ1v) is 11.8. The van der Waals surface area contributed by atoms with E-state index in [1.165, 1.54) is 6.20 Å². The molecule has 3 heterocycles.